The Morgan fingerprint density at radius 1 is 1.83 bits per heavy atom. The average molecular weight is 230 g/mol. The van der Waals surface area contributed by atoms with Gasteiger partial charge in [0.25, 0.3) is 0 Å². The molecule has 0 aliphatic rings. The molecule has 0 aromatic heterocycles. The predicted molar refractivity (Wildman–Crippen MR) is 42.9 cm³/mol. The molecular weight excluding hydrogens is 227 g/mol. The molecule has 0 bridgehead atoms. The van der Waals surface area contributed by atoms with Crippen molar-refractivity contribution >= 4 is 40.0 Å². The molecule has 0 fully saturated rings. The monoisotopic (exact) mass is 230 g/mol. The smallest absolute Gasteiger partial charge is 0.0656 e. The van der Waals surface area contributed by atoms with Crippen LogP contribution in [-0.2, 0) is 0 Å². The molecule has 0 saturated heterocycles. The molecule has 0 aliphatic heterocycles. The van der Waals surface area contributed by atoms with Crippen LogP contribution in [0.25, 0.3) is 0 Å². The largest absolute Gasteiger partial charge is 0.119 e. The fourth-order valence-electron chi connectivity index (χ4n) is 0.0563. The first-order valence-corrected chi connectivity index (χ1v) is 6.11. The molecule has 0 spiro atoms. The van der Waals surface area contributed by atoms with Crippen LogP contribution in [0.4, 0.5) is 0 Å². The highest BCUT2D eigenvalue weighted by atomic mass is 127. The lowest BCUT2D eigenvalue weighted by atomic mass is 10.8. The summed E-state index contributed by atoms with van der Waals surface area (Å²) in [4.78, 5) is 0. The summed E-state index contributed by atoms with van der Waals surface area (Å²) in [5, 5.41) is 0. The summed E-state index contributed by atoms with van der Waals surface area (Å²) >= 11 is 2.19. The van der Waals surface area contributed by atoms with Gasteiger partial charge in [0.1, 0.15) is 0 Å². The summed E-state index contributed by atoms with van der Waals surface area (Å²) in [6.07, 6.45) is 4.93. The van der Waals surface area contributed by atoms with Crippen molar-refractivity contribution in [1.82, 2.24) is 0 Å². The molecule has 34 valence electrons. The second kappa shape index (κ2) is 5.99. The number of halogens is 1. The van der Waals surface area contributed by atoms with Gasteiger partial charge >= 0.3 is 0 Å². The lowest BCUT2D eigenvalue weighted by Crippen LogP contribution is -1.55. The number of hydrogen-bond acceptors (Lipinski definition) is 2. The standard InChI is InChI=1S/C3H3IS2/c1-2-3-5-6-4/h1H,3H2. The molecule has 0 heterocycles. The van der Waals surface area contributed by atoms with Crippen LogP contribution in [0.15, 0.2) is 0 Å². The highest BCUT2D eigenvalue weighted by Crippen LogP contribution is 2.27. The minimum atomic E-state index is 0.813. The van der Waals surface area contributed by atoms with E-state index in [-0.39, 0.29) is 0 Å². The quantitative estimate of drug-likeness (QED) is 0.309. The van der Waals surface area contributed by atoms with Crippen LogP contribution in [0, 0.1) is 12.3 Å². The molecule has 0 amide bonds. The number of terminal acetylenes is 1. The van der Waals surface area contributed by atoms with Crippen LogP contribution in [0.3, 0.4) is 0 Å². The molecule has 0 aromatic rings. The maximum absolute atomic E-state index is 4.93. The first-order chi connectivity index (χ1) is 2.91. The predicted octanol–water partition coefficient (Wildman–Crippen LogP) is 2.35. The van der Waals surface area contributed by atoms with E-state index >= 15 is 0 Å². The lowest BCUT2D eigenvalue weighted by Gasteiger charge is -1.77. The molecule has 0 N–H and O–H groups in total. The van der Waals surface area contributed by atoms with Gasteiger partial charge < -0.3 is 0 Å². The first kappa shape index (κ1) is 6.99. The Hall–Kier alpha value is 0.990. The van der Waals surface area contributed by atoms with Crippen molar-refractivity contribution in [1.29, 1.82) is 0 Å². The summed E-state index contributed by atoms with van der Waals surface area (Å²) in [7, 11) is 3.35. The van der Waals surface area contributed by atoms with E-state index in [9.17, 15) is 0 Å². The van der Waals surface area contributed by atoms with Crippen LogP contribution in [0.2, 0.25) is 0 Å². The first-order valence-electron chi connectivity index (χ1n) is 1.25. The molecule has 0 aliphatic carbocycles. The summed E-state index contributed by atoms with van der Waals surface area (Å²) in [5.74, 6) is 3.32. The Kier molecular flexibility index (Phi) is 6.98. The Balaban J connectivity index is 2.54. The van der Waals surface area contributed by atoms with Gasteiger partial charge in [0.15, 0.2) is 0 Å². The van der Waals surface area contributed by atoms with Crippen LogP contribution in [0.5, 0.6) is 0 Å². The van der Waals surface area contributed by atoms with E-state index in [2.05, 4.69) is 27.1 Å². The minimum Gasteiger partial charge on any atom is -0.119 e. The molecule has 0 saturated carbocycles. The highest BCUT2D eigenvalue weighted by Gasteiger charge is 1.73. The van der Waals surface area contributed by atoms with Crippen molar-refractivity contribution in [3.05, 3.63) is 0 Å². The third-order valence-corrected chi connectivity index (χ3v) is 3.47. The van der Waals surface area contributed by atoms with E-state index in [1.54, 1.807) is 18.8 Å². The zero-order valence-electron chi connectivity index (χ0n) is 2.98. The average Bonchev–Trinajstić information content (AvgIpc) is 1.61. The summed E-state index contributed by atoms with van der Waals surface area (Å²) in [5.41, 5.74) is 0. The molecule has 0 nitrogen and oxygen atoms in total. The maximum atomic E-state index is 4.93. The second-order valence-electron chi connectivity index (χ2n) is 0.529. The van der Waals surface area contributed by atoms with E-state index in [4.69, 9.17) is 6.42 Å². The molecule has 0 unspecified atom stereocenters. The van der Waals surface area contributed by atoms with Gasteiger partial charge in [-0.15, -0.1) is 6.42 Å². The third-order valence-electron chi connectivity index (χ3n) is 0.187. The van der Waals surface area contributed by atoms with E-state index in [0.717, 1.165) is 5.75 Å². The van der Waals surface area contributed by atoms with Crippen molar-refractivity contribution < 1.29 is 0 Å². The van der Waals surface area contributed by atoms with Gasteiger partial charge in [-0.25, -0.2) is 0 Å². The van der Waals surface area contributed by atoms with Gasteiger partial charge in [-0.1, -0.05) is 16.7 Å². The van der Waals surface area contributed by atoms with Crippen molar-refractivity contribution in [2.75, 3.05) is 5.75 Å². The van der Waals surface area contributed by atoms with Gasteiger partial charge in [0, 0.05) is 21.2 Å². The Morgan fingerprint density at radius 3 is 2.67 bits per heavy atom. The zero-order valence-corrected chi connectivity index (χ0v) is 6.77. The third kappa shape index (κ3) is 4.99. The SMILES string of the molecule is C#CCSSI. The number of rotatable bonds is 2. The molecular formula is C3H3IS2. The highest BCUT2D eigenvalue weighted by molar-refractivity contribution is 14.2. The normalized spacial score (nSPS) is 7.33. The minimum absolute atomic E-state index is 0.813. The van der Waals surface area contributed by atoms with Crippen LogP contribution >= 0.6 is 40.0 Å². The summed E-state index contributed by atoms with van der Waals surface area (Å²) < 4.78 is 0. The summed E-state index contributed by atoms with van der Waals surface area (Å²) in [6.45, 7) is 0. The van der Waals surface area contributed by atoms with Crippen LogP contribution in [-0.4, -0.2) is 5.75 Å². The molecule has 3 heteroatoms. The molecule has 0 radical (unpaired) electrons. The molecule has 0 atom stereocenters. The summed E-state index contributed by atoms with van der Waals surface area (Å²) in [6, 6.07) is 0. The Labute approximate surface area is 57.8 Å². The molecule has 0 rings (SSSR count). The van der Waals surface area contributed by atoms with Crippen molar-refractivity contribution in [2.45, 2.75) is 0 Å². The van der Waals surface area contributed by atoms with Crippen molar-refractivity contribution in [3.8, 4) is 12.3 Å². The van der Waals surface area contributed by atoms with Crippen molar-refractivity contribution in [3.63, 3.8) is 0 Å². The Bertz CT molecular complexity index is 56.3. The molecule has 0 aromatic carbocycles. The van der Waals surface area contributed by atoms with E-state index in [1.165, 1.54) is 0 Å². The molecule has 6 heavy (non-hydrogen) atoms. The fraction of sp³-hybridized carbons (Fsp3) is 0.333. The Morgan fingerprint density at radius 2 is 2.50 bits per heavy atom. The van der Waals surface area contributed by atoms with Gasteiger partial charge in [-0.3, -0.25) is 0 Å². The maximum Gasteiger partial charge on any atom is 0.0656 e. The van der Waals surface area contributed by atoms with Gasteiger partial charge in [-0.2, -0.15) is 0 Å². The van der Waals surface area contributed by atoms with Gasteiger partial charge in [0.05, 0.1) is 5.75 Å². The second-order valence-corrected chi connectivity index (χ2v) is 5.50. The topological polar surface area (TPSA) is 0 Å². The van der Waals surface area contributed by atoms with Crippen molar-refractivity contribution in [2.24, 2.45) is 0 Å². The van der Waals surface area contributed by atoms with E-state index in [0.29, 0.717) is 0 Å². The van der Waals surface area contributed by atoms with Gasteiger partial charge in [0.2, 0.25) is 0 Å². The van der Waals surface area contributed by atoms with Crippen LogP contribution in [0.1, 0.15) is 0 Å². The fourth-order valence-corrected chi connectivity index (χ4v) is 1.65. The van der Waals surface area contributed by atoms with Gasteiger partial charge in [-0.05, 0) is 7.97 Å². The zero-order chi connectivity index (χ0) is 4.83. The lowest BCUT2D eigenvalue weighted by molar-refractivity contribution is 1.99. The van der Waals surface area contributed by atoms with Crippen LogP contribution < -0.4 is 0 Å². The van der Waals surface area contributed by atoms with E-state index < -0.39 is 0 Å². The number of hydrogen-bond donors (Lipinski definition) is 0. The van der Waals surface area contributed by atoms with E-state index in [1.807, 2.05) is 0 Å².